The van der Waals surface area contributed by atoms with Crippen LogP contribution in [0.4, 0.5) is 17.5 Å². The Labute approximate surface area is 123 Å². The molecule has 1 heterocycles. The lowest BCUT2D eigenvalue weighted by atomic mass is 10.2. The minimum Gasteiger partial charge on any atom is -0.357 e. The lowest BCUT2D eigenvalue weighted by Gasteiger charge is -2.10. The summed E-state index contributed by atoms with van der Waals surface area (Å²) in [6.45, 7) is 0. The maximum absolute atomic E-state index is 4.52. The molecule has 3 rings (SSSR count). The van der Waals surface area contributed by atoms with Gasteiger partial charge in [-0.1, -0.05) is 6.07 Å². The Bertz CT molecular complexity index is 611. The number of rotatable bonds is 5. The van der Waals surface area contributed by atoms with Crippen LogP contribution in [0.1, 0.15) is 24.5 Å². The minimum atomic E-state index is 0.614. The van der Waals surface area contributed by atoms with Crippen molar-refractivity contribution in [3.05, 3.63) is 36.0 Å². The average molecular weight is 286 g/mol. The maximum Gasteiger partial charge on any atom is 0.224 e. The maximum atomic E-state index is 4.52. The van der Waals surface area contributed by atoms with Gasteiger partial charge in [-0.2, -0.15) is 4.98 Å². The second-order valence-electron chi connectivity index (χ2n) is 4.88. The van der Waals surface area contributed by atoms with Crippen LogP contribution in [0.25, 0.3) is 0 Å². The Morgan fingerprint density at radius 2 is 2.05 bits per heavy atom. The molecule has 2 N–H and O–H groups in total. The van der Waals surface area contributed by atoms with E-state index in [0.717, 1.165) is 17.2 Å². The molecule has 1 fully saturated rings. The lowest BCUT2D eigenvalue weighted by molar-refractivity contribution is 0.991. The Morgan fingerprint density at radius 3 is 2.75 bits per heavy atom. The molecule has 0 amide bonds. The molecule has 0 unspecified atom stereocenters. The Balaban J connectivity index is 1.86. The third kappa shape index (κ3) is 3.04. The molecular formula is C15H18N4S. The number of anilines is 3. The van der Waals surface area contributed by atoms with Crippen molar-refractivity contribution < 1.29 is 0 Å². The largest absolute Gasteiger partial charge is 0.357 e. The number of aromatic nitrogens is 2. The first-order valence-electron chi connectivity index (χ1n) is 6.76. The normalized spacial score (nSPS) is 14.1. The molecule has 2 aromatic rings. The van der Waals surface area contributed by atoms with Gasteiger partial charge in [0.2, 0.25) is 5.95 Å². The zero-order valence-corrected chi connectivity index (χ0v) is 12.5. The van der Waals surface area contributed by atoms with Gasteiger partial charge < -0.3 is 10.6 Å². The number of benzene rings is 1. The van der Waals surface area contributed by atoms with Crippen molar-refractivity contribution in [2.24, 2.45) is 0 Å². The smallest absolute Gasteiger partial charge is 0.224 e. The van der Waals surface area contributed by atoms with Gasteiger partial charge in [0.25, 0.3) is 0 Å². The molecule has 0 bridgehead atoms. The van der Waals surface area contributed by atoms with Crippen LogP contribution in [-0.4, -0.2) is 23.3 Å². The molecular weight excluding hydrogens is 268 g/mol. The fraction of sp³-hybridized carbons (Fsp3) is 0.333. The molecule has 0 atom stereocenters. The van der Waals surface area contributed by atoms with Gasteiger partial charge in [0, 0.05) is 29.6 Å². The van der Waals surface area contributed by atoms with Crippen molar-refractivity contribution in [3.8, 4) is 0 Å². The summed E-state index contributed by atoms with van der Waals surface area (Å²) in [5.74, 6) is 2.14. The number of hydrogen-bond donors (Lipinski definition) is 2. The van der Waals surface area contributed by atoms with Crippen LogP contribution in [0.15, 0.2) is 35.2 Å². The molecule has 1 aromatic carbocycles. The first kappa shape index (κ1) is 13.2. The summed E-state index contributed by atoms with van der Waals surface area (Å²) in [4.78, 5) is 10.2. The highest BCUT2D eigenvalue weighted by atomic mass is 32.2. The SMILES string of the molecule is CNc1nc(Nc2cccc(SC)c2)cc(C2CC2)n1. The fourth-order valence-electron chi connectivity index (χ4n) is 2.08. The molecule has 1 aliphatic rings. The highest BCUT2D eigenvalue weighted by molar-refractivity contribution is 7.98. The second-order valence-corrected chi connectivity index (χ2v) is 5.76. The van der Waals surface area contributed by atoms with Gasteiger partial charge in [0.1, 0.15) is 5.82 Å². The minimum absolute atomic E-state index is 0.614. The predicted octanol–water partition coefficient (Wildman–Crippen LogP) is 3.86. The average Bonchev–Trinajstić information content (AvgIpc) is 3.31. The van der Waals surface area contributed by atoms with Crippen molar-refractivity contribution in [1.82, 2.24) is 9.97 Å². The standard InChI is InChI=1S/C15H18N4S/c1-16-15-18-13(10-6-7-10)9-14(19-15)17-11-4-3-5-12(8-11)20-2/h3-5,8-10H,6-7H2,1-2H3,(H2,16,17,18,19). The molecule has 5 heteroatoms. The van der Waals surface area contributed by atoms with E-state index in [1.54, 1.807) is 11.8 Å². The molecule has 0 saturated heterocycles. The monoisotopic (exact) mass is 286 g/mol. The summed E-state index contributed by atoms with van der Waals surface area (Å²) in [5.41, 5.74) is 2.19. The lowest BCUT2D eigenvalue weighted by Crippen LogP contribution is -2.03. The second kappa shape index (κ2) is 5.71. The summed E-state index contributed by atoms with van der Waals surface area (Å²) in [6, 6.07) is 10.4. The van der Waals surface area contributed by atoms with Gasteiger partial charge in [-0.25, -0.2) is 4.98 Å². The van der Waals surface area contributed by atoms with E-state index in [-0.39, 0.29) is 0 Å². The van der Waals surface area contributed by atoms with Crippen LogP contribution < -0.4 is 10.6 Å². The Morgan fingerprint density at radius 1 is 1.20 bits per heavy atom. The molecule has 1 aromatic heterocycles. The summed E-state index contributed by atoms with van der Waals surface area (Å²) in [6.07, 6.45) is 4.55. The highest BCUT2D eigenvalue weighted by Crippen LogP contribution is 2.40. The van der Waals surface area contributed by atoms with Crippen molar-refractivity contribution >= 4 is 29.2 Å². The van der Waals surface area contributed by atoms with Crippen molar-refractivity contribution in [2.75, 3.05) is 23.9 Å². The highest BCUT2D eigenvalue weighted by Gasteiger charge is 2.26. The molecule has 0 radical (unpaired) electrons. The van der Waals surface area contributed by atoms with E-state index in [4.69, 9.17) is 0 Å². The zero-order chi connectivity index (χ0) is 13.9. The molecule has 1 saturated carbocycles. The summed E-state index contributed by atoms with van der Waals surface area (Å²) in [5, 5.41) is 6.40. The van der Waals surface area contributed by atoms with Crippen LogP contribution in [-0.2, 0) is 0 Å². The van der Waals surface area contributed by atoms with Gasteiger partial charge in [-0.3, -0.25) is 0 Å². The van der Waals surface area contributed by atoms with Gasteiger partial charge in [-0.05, 0) is 37.3 Å². The number of thioether (sulfide) groups is 1. The van der Waals surface area contributed by atoms with Crippen molar-refractivity contribution in [2.45, 2.75) is 23.7 Å². The Hall–Kier alpha value is -1.75. The van der Waals surface area contributed by atoms with E-state index in [9.17, 15) is 0 Å². The van der Waals surface area contributed by atoms with Crippen LogP contribution in [0.2, 0.25) is 0 Å². The Kier molecular flexibility index (Phi) is 3.78. The van der Waals surface area contributed by atoms with E-state index in [1.807, 2.05) is 7.05 Å². The van der Waals surface area contributed by atoms with Gasteiger partial charge in [0.15, 0.2) is 0 Å². The molecule has 4 nitrogen and oxygen atoms in total. The summed E-state index contributed by atoms with van der Waals surface area (Å²) >= 11 is 1.73. The molecule has 0 spiro atoms. The van der Waals surface area contributed by atoms with Crippen LogP contribution in [0.3, 0.4) is 0 Å². The van der Waals surface area contributed by atoms with E-state index in [1.165, 1.54) is 17.7 Å². The first-order valence-corrected chi connectivity index (χ1v) is 7.99. The topological polar surface area (TPSA) is 49.8 Å². The quantitative estimate of drug-likeness (QED) is 0.817. The first-order chi connectivity index (χ1) is 9.78. The zero-order valence-electron chi connectivity index (χ0n) is 11.7. The van der Waals surface area contributed by atoms with E-state index < -0.39 is 0 Å². The number of nitrogens with one attached hydrogen (secondary N) is 2. The van der Waals surface area contributed by atoms with E-state index in [2.05, 4.69) is 57.2 Å². The molecule has 0 aliphatic heterocycles. The summed E-state index contributed by atoms with van der Waals surface area (Å²) < 4.78 is 0. The number of hydrogen-bond acceptors (Lipinski definition) is 5. The molecule has 20 heavy (non-hydrogen) atoms. The molecule has 1 aliphatic carbocycles. The van der Waals surface area contributed by atoms with E-state index in [0.29, 0.717) is 11.9 Å². The third-order valence-corrected chi connectivity index (χ3v) is 4.03. The summed E-state index contributed by atoms with van der Waals surface area (Å²) in [7, 11) is 1.85. The number of nitrogens with zero attached hydrogens (tertiary/aromatic N) is 2. The van der Waals surface area contributed by atoms with Crippen LogP contribution in [0.5, 0.6) is 0 Å². The van der Waals surface area contributed by atoms with Gasteiger partial charge in [0.05, 0.1) is 5.69 Å². The van der Waals surface area contributed by atoms with E-state index >= 15 is 0 Å². The van der Waals surface area contributed by atoms with Gasteiger partial charge in [-0.15, -0.1) is 11.8 Å². The van der Waals surface area contributed by atoms with Gasteiger partial charge >= 0.3 is 0 Å². The van der Waals surface area contributed by atoms with Crippen molar-refractivity contribution in [3.63, 3.8) is 0 Å². The van der Waals surface area contributed by atoms with Crippen LogP contribution in [0, 0.1) is 0 Å². The molecule has 104 valence electrons. The van der Waals surface area contributed by atoms with Crippen molar-refractivity contribution in [1.29, 1.82) is 0 Å². The third-order valence-electron chi connectivity index (χ3n) is 3.31. The van der Waals surface area contributed by atoms with Crippen LogP contribution >= 0.6 is 11.8 Å². The fourth-order valence-corrected chi connectivity index (χ4v) is 2.54. The predicted molar refractivity (Wildman–Crippen MR) is 85.1 cm³/mol.